The Morgan fingerprint density at radius 3 is 2.72 bits per heavy atom. The molecule has 92 valence electrons. The lowest BCUT2D eigenvalue weighted by Gasteiger charge is -2.04. The fourth-order valence-electron chi connectivity index (χ4n) is 1.52. The van der Waals surface area contributed by atoms with Gasteiger partial charge in [0.25, 0.3) is 0 Å². The molecule has 1 aromatic carbocycles. The number of pyridine rings is 1. The molecule has 1 aromatic heterocycles. The van der Waals surface area contributed by atoms with E-state index in [-0.39, 0.29) is 12.2 Å². The second-order valence-electron chi connectivity index (χ2n) is 3.73. The number of carbonyl (C=O) groups excluding carboxylic acids is 1. The maximum Gasteiger partial charge on any atom is 0.168 e. The summed E-state index contributed by atoms with van der Waals surface area (Å²) in [6, 6.07) is 6.81. The Kier molecular flexibility index (Phi) is 4.38. The number of aromatic nitrogens is 1. The third-order valence-corrected chi connectivity index (χ3v) is 3.42. The summed E-state index contributed by atoms with van der Waals surface area (Å²) in [4.78, 5) is 16.0. The fraction of sp³-hybridized carbons (Fsp3) is 0.0769. The SMILES string of the molecule is O=C(Cc1cc(Cl)ccc1Cl)c1cncc(Br)c1. The normalized spacial score (nSPS) is 10.4. The first-order valence-electron chi connectivity index (χ1n) is 5.14. The van der Waals surface area contributed by atoms with E-state index in [0.717, 1.165) is 4.47 Å². The van der Waals surface area contributed by atoms with Crippen molar-refractivity contribution in [1.29, 1.82) is 0 Å². The third-order valence-electron chi connectivity index (χ3n) is 2.39. The summed E-state index contributed by atoms with van der Waals surface area (Å²) in [5.41, 5.74) is 1.26. The number of hydrogen-bond acceptors (Lipinski definition) is 2. The molecule has 0 aliphatic rings. The van der Waals surface area contributed by atoms with Crippen LogP contribution in [0.3, 0.4) is 0 Å². The van der Waals surface area contributed by atoms with Crippen molar-refractivity contribution in [3.63, 3.8) is 0 Å². The Labute approximate surface area is 123 Å². The minimum Gasteiger partial charge on any atom is -0.294 e. The van der Waals surface area contributed by atoms with E-state index in [1.807, 2.05) is 0 Å². The van der Waals surface area contributed by atoms with E-state index in [2.05, 4.69) is 20.9 Å². The van der Waals surface area contributed by atoms with Gasteiger partial charge in [0.1, 0.15) is 0 Å². The van der Waals surface area contributed by atoms with E-state index in [1.54, 1.807) is 30.5 Å². The van der Waals surface area contributed by atoms with Gasteiger partial charge in [-0.15, -0.1) is 0 Å². The topological polar surface area (TPSA) is 30.0 Å². The van der Waals surface area contributed by atoms with E-state index < -0.39 is 0 Å². The summed E-state index contributed by atoms with van der Waals surface area (Å²) in [5, 5.41) is 1.10. The number of rotatable bonds is 3. The predicted molar refractivity (Wildman–Crippen MR) is 76.4 cm³/mol. The lowest BCUT2D eigenvalue weighted by Crippen LogP contribution is -2.04. The lowest BCUT2D eigenvalue weighted by atomic mass is 10.0. The van der Waals surface area contributed by atoms with Crippen LogP contribution in [-0.4, -0.2) is 10.8 Å². The highest BCUT2D eigenvalue weighted by Crippen LogP contribution is 2.22. The van der Waals surface area contributed by atoms with Gasteiger partial charge < -0.3 is 0 Å². The van der Waals surface area contributed by atoms with Crippen LogP contribution >= 0.6 is 39.1 Å². The Bertz CT molecular complexity index is 601. The molecular formula is C13H8BrCl2NO. The van der Waals surface area contributed by atoms with E-state index in [9.17, 15) is 4.79 Å². The molecule has 0 bridgehead atoms. The highest BCUT2D eigenvalue weighted by atomic mass is 79.9. The molecule has 0 saturated heterocycles. The molecule has 0 amide bonds. The Morgan fingerprint density at radius 1 is 1.22 bits per heavy atom. The van der Waals surface area contributed by atoms with Gasteiger partial charge in [-0.1, -0.05) is 23.2 Å². The number of ketones is 1. The zero-order valence-electron chi connectivity index (χ0n) is 9.16. The molecule has 0 saturated carbocycles. The molecule has 2 aromatic rings. The van der Waals surface area contributed by atoms with Gasteiger partial charge in [0.2, 0.25) is 0 Å². The van der Waals surface area contributed by atoms with Crippen LogP contribution in [-0.2, 0) is 6.42 Å². The number of benzene rings is 1. The standard InChI is InChI=1S/C13H8BrCl2NO/c14-10-3-9(6-17-7-10)13(18)5-8-4-11(15)1-2-12(8)16/h1-4,6-7H,5H2. The molecular weight excluding hydrogens is 337 g/mol. The van der Waals surface area contributed by atoms with Crippen molar-refractivity contribution in [3.8, 4) is 0 Å². The van der Waals surface area contributed by atoms with Crippen LogP contribution in [0.5, 0.6) is 0 Å². The minimum atomic E-state index is -0.0482. The minimum absolute atomic E-state index is 0.0482. The summed E-state index contributed by atoms with van der Waals surface area (Å²) in [7, 11) is 0. The smallest absolute Gasteiger partial charge is 0.168 e. The van der Waals surface area contributed by atoms with Crippen molar-refractivity contribution in [3.05, 3.63) is 62.3 Å². The van der Waals surface area contributed by atoms with Crippen molar-refractivity contribution in [1.82, 2.24) is 4.98 Å². The number of hydrogen-bond donors (Lipinski definition) is 0. The summed E-state index contributed by atoms with van der Waals surface area (Å²) in [6.45, 7) is 0. The van der Waals surface area contributed by atoms with Crippen LogP contribution in [0.25, 0.3) is 0 Å². The van der Waals surface area contributed by atoms with Gasteiger partial charge in [0.15, 0.2) is 5.78 Å². The molecule has 18 heavy (non-hydrogen) atoms. The first-order valence-corrected chi connectivity index (χ1v) is 6.69. The molecule has 0 aliphatic carbocycles. The fourth-order valence-corrected chi connectivity index (χ4v) is 2.26. The van der Waals surface area contributed by atoms with Crippen LogP contribution in [0.2, 0.25) is 10.0 Å². The average Bonchev–Trinajstić information content (AvgIpc) is 2.34. The molecule has 0 spiro atoms. The average molecular weight is 345 g/mol. The number of halogens is 3. The summed E-state index contributed by atoms with van der Waals surface area (Å²) in [5.74, 6) is -0.0482. The highest BCUT2D eigenvalue weighted by molar-refractivity contribution is 9.10. The van der Waals surface area contributed by atoms with E-state index in [0.29, 0.717) is 21.2 Å². The Balaban J connectivity index is 2.24. The van der Waals surface area contributed by atoms with Gasteiger partial charge in [0, 0.05) is 38.9 Å². The molecule has 1 heterocycles. The van der Waals surface area contributed by atoms with Crippen molar-refractivity contribution < 1.29 is 4.79 Å². The van der Waals surface area contributed by atoms with Crippen LogP contribution in [0.1, 0.15) is 15.9 Å². The molecule has 2 nitrogen and oxygen atoms in total. The zero-order valence-corrected chi connectivity index (χ0v) is 12.3. The van der Waals surface area contributed by atoms with E-state index in [1.165, 1.54) is 6.20 Å². The molecule has 0 aliphatic heterocycles. The van der Waals surface area contributed by atoms with E-state index in [4.69, 9.17) is 23.2 Å². The van der Waals surface area contributed by atoms with Gasteiger partial charge in [-0.25, -0.2) is 0 Å². The first kappa shape index (κ1) is 13.5. The molecule has 0 atom stereocenters. The molecule has 0 radical (unpaired) electrons. The molecule has 2 rings (SSSR count). The summed E-state index contributed by atoms with van der Waals surface area (Å²) in [6.07, 6.45) is 3.37. The van der Waals surface area contributed by atoms with Gasteiger partial charge in [-0.2, -0.15) is 0 Å². The molecule has 0 fully saturated rings. The number of nitrogens with zero attached hydrogens (tertiary/aromatic N) is 1. The van der Waals surface area contributed by atoms with Gasteiger partial charge in [0.05, 0.1) is 0 Å². The maximum atomic E-state index is 12.1. The van der Waals surface area contributed by atoms with Crippen molar-refractivity contribution >= 4 is 44.9 Å². The van der Waals surface area contributed by atoms with Crippen molar-refractivity contribution in [2.45, 2.75) is 6.42 Å². The number of carbonyl (C=O) groups is 1. The van der Waals surface area contributed by atoms with Gasteiger partial charge in [-0.3, -0.25) is 9.78 Å². The van der Waals surface area contributed by atoms with Crippen LogP contribution < -0.4 is 0 Å². The highest BCUT2D eigenvalue weighted by Gasteiger charge is 2.11. The van der Waals surface area contributed by atoms with Crippen molar-refractivity contribution in [2.75, 3.05) is 0 Å². The Hall–Kier alpha value is -0.900. The first-order chi connectivity index (χ1) is 8.56. The van der Waals surface area contributed by atoms with E-state index >= 15 is 0 Å². The van der Waals surface area contributed by atoms with Gasteiger partial charge >= 0.3 is 0 Å². The predicted octanol–water partition coefficient (Wildman–Crippen LogP) is 4.58. The second kappa shape index (κ2) is 5.83. The van der Waals surface area contributed by atoms with Crippen LogP contribution in [0.4, 0.5) is 0 Å². The van der Waals surface area contributed by atoms with Crippen LogP contribution in [0.15, 0.2) is 41.1 Å². The largest absolute Gasteiger partial charge is 0.294 e. The Morgan fingerprint density at radius 2 is 2.00 bits per heavy atom. The van der Waals surface area contributed by atoms with Crippen molar-refractivity contribution in [2.24, 2.45) is 0 Å². The maximum absolute atomic E-state index is 12.1. The summed E-state index contributed by atoms with van der Waals surface area (Å²) < 4.78 is 0.769. The quantitative estimate of drug-likeness (QED) is 0.763. The second-order valence-corrected chi connectivity index (χ2v) is 5.49. The molecule has 0 unspecified atom stereocenters. The van der Waals surface area contributed by atoms with Crippen LogP contribution in [0, 0.1) is 0 Å². The number of Topliss-reactive ketones (excluding diaryl/α,β-unsaturated/α-hetero) is 1. The monoisotopic (exact) mass is 343 g/mol. The molecule has 5 heteroatoms. The zero-order chi connectivity index (χ0) is 13.1. The van der Waals surface area contributed by atoms with Gasteiger partial charge in [-0.05, 0) is 45.8 Å². The third kappa shape index (κ3) is 3.31. The lowest BCUT2D eigenvalue weighted by molar-refractivity contribution is 0.0992. The summed E-state index contributed by atoms with van der Waals surface area (Å²) >= 11 is 15.2. The molecule has 0 N–H and O–H groups in total.